The van der Waals surface area contributed by atoms with Crippen LogP contribution in [0.1, 0.15) is 0 Å². The van der Waals surface area contributed by atoms with Crippen LogP contribution < -0.4 is 38.9 Å². The Morgan fingerprint density at radius 2 is 1.06 bits per heavy atom. The van der Waals surface area contributed by atoms with Gasteiger partial charge in [0.25, 0.3) is 0 Å². The Morgan fingerprint density at radius 3 is 1.67 bits per heavy atom. The summed E-state index contributed by atoms with van der Waals surface area (Å²) >= 11 is -0.557. The van der Waals surface area contributed by atoms with E-state index in [4.69, 9.17) is 0 Å². The molecule has 174 valence electrons. The first-order valence-electron chi connectivity index (χ1n) is 11.5. The van der Waals surface area contributed by atoms with E-state index in [0.29, 0.717) is 8.19 Å². The van der Waals surface area contributed by atoms with E-state index in [1.807, 2.05) is 0 Å². The molecule has 1 atom stereocenters. The summed E-state index contributed by atoms with van der Waals surface area (Å²) in [6, 6.07) is 41.7. The minimum Gasteiger partial charge on any atom is -1.00 e. The maximum Gasteiger partial charge on any atom is -1.00 e. The Kier molecular flexibility index (Phi) is 8.58. The van der Waals surface area contributed by atoms with Crippen LogP contribution in [-0.2, 0) is 19.2 Å². The van der Waals surface area contributed by atoms with Gasteiger partial charge in [-0.3, -0.25) is 0 Å². The fourth-order valence-corrected chi connectivity index (χ4v) is 9.50. The predicted octanol–water partition coefficient (Wildman–Crippen LogP) is 0.593. The van der Waals surface area contributed by atoms with Gasteiger partial charge in [0.05, 0.1) is 0 Å². The molecule has 1 aliphatic carbocycles. The van der Waals surface area contributed by atoms with Crippen LogP contribution >= 0.6 is 8.19 Å². The Bertz CT molecular complexity index is 1620. The molecule has 0 radical (unpaired) electrons. The summed E-state index contributed by atoms with van der Waals surface area (Å²) in [4.78, 5) is 0. The quantitative estimate of drug-likeness (QED) is 0.278. The summed E-state index contributed by atoms with van der Waals surface area (Å²) in [5, 5.41) is 4.16. The molecule has 36 heavy (non-hydrogen) atoms. The van der Waals surface area contributed by atoms with E-state index in [9.17, 15) is 0 Å². The second kappa shape index (κ2) is 11.7. The van der Waals surface area contributed by atoms with E-state index in [1.54, 1.807) is 3.60 Å². The number of allylic oxidation sites excluding steroid dienone is 1. The molecule has 5 aromatic rings. The molecule has 1 aromatic heterocycles. The number of benzene rings is 4. The second-order valence-electron chi connectivity index (χ2n) is 8.48. The van der Waals surface area contributed by atoms with Crippen LogP contribution in [0, 0.1) is 0 Å². The van der Waals surface area contributed by atoms with Crippen LogP contribution in [0.2, 0.25) is 0 Å². The molecule has 6 rings (SSSR count). The summed E-state index contributed by atoms with van der Waals surface area (Å²) < 4.78 is 3.10. The fourth-order valence-electron chi connectivity index (χ4n) is 4.76. The van der Waals surface area contributed by atoms with E-state index in [0.717, 1.165) is 0 Å². The molecular weight excluding hydrogens is 534 g/mol. The summed E-state index contributed by atoms with van der Waals surface area (Å²) in [5.41, 5.74) is 7.99. The van der Waals surface area contributed by atoms with Gasteiger partial charge in [0.2, 0.25) is 0 Å². The smallest absolute Gasteiger partial charge is 1.00 e. The van der Waals surface area contributed by atoms with Gasteiger partial charge in [-0.2, -0.15) is 0 Å². The van der Waals surface area contributed by atoms with Gasteiger partial charge in [0, 0.05) is 0 Å². The molecule has 0 spiro atoms. The van der Waals surface area contributed by atoms with Crippen LogP contribution in [0.15, 0.2) is 127 Å². The topological polar surface area (TPSA) is 0 Å². The first kappa shape index (κ1) is 26.5. The molecule has 0 fully saturated rings. The van der Waals surface area contributed by atoms with E-state index in [1.165, 1.54) is 53.0 Å². The normalized spacial score (nSPS) is 11.8. The maximum absolute atomic E-state index is 4.45. The molecule has 0 amide bonds. The zero-order valence-electron chi connectivity index (χ0n) is 19.5. The van der Waals surface area contributed by atoms with Gasteiger partial charge in [-0.25, -0.2) is 0 Å². The van der Waals surface area contributed by atoms with Crippen molar-refractivity contribution in [3.05, 3.63) is 138 Å². The molecule has 1 unspecified atom stereocenters. The molecule has 1 heterocycles. The largest absolute Gasteiger partial charge is 1.00 e. The number of hydrogen-bond donors (Lipinski definition) is 0. The minimum atomic E-state index is -0.557. The molecule has 1 aliphatic rings. The van der Waals surface area contributed by atoms with Crippen molar-refractivity contribution in [3.63, 3.8) is 0 Å². The summed E-state index contributed by atoms with van der Waals surface area (Å²) in [7, 11) is 0.673. The van der Waals surface area contributed by atoms with Crippen molar-refractivity contribution < 1.29 is 44.0 Å². The summed E-state index contributed by atoms with van der Waals surface area (Å²) in [6.45, 7) is 4.45. The van der Waals surface area contributed by atoms with Gasteiger partial charge < -0.3 is 24.8 Å². The number of rotatable bonds is 5. The van der Waals surface area contributed by atoms with Gasteiger partial charge in [0.15, 0.2) is 0 Å². The molecule has 0 nitrogen and oxygen atoms in total. The summed E-state index contributed by atoms with van der Waals surface area (Å²) in [5.74, 6) is 0. The van der Waals surface area contributed by atoms with Crippen molar-refractivity contribution in [1.82, 2.24) is 0 Å². The van der Waals surface area contributed by atoms with E-state index >= 15 is 0 Å². The third-order valence-corrected chi connectivity index (χ3v) is 10.8. The van der Waals surface area contributed by atoms with Gasteiger partial charge in [-0.15, -0.1) is 0 Å². The zero-order chi connectivity index (χ0) is 22.9. The van der Waals surface area contributed by atoms with Crippen molar-refractivity contribution in [2.45, 2.75) is 0 Å². The van der Waals surface area contributed by atoms with E-state index in [2.05, 4.69) is 128 Å². The zero-order valence-corrected chi connectivity index (χ0v) is 23.6. The number of halogens is 2. The third kappa shape index (κ3) is 4.98. The maximum atomic E-state index is 4.45. The molecule has 0 saturated heterocycles. The van der Waals surface area contributed by atoms with Crippen LogP contribution in [0.3, 0.4) is 0 Å². The molecule has 0 bridgehead atoms. The fraction of sp³-hybridized carbons (Fsp3) is 0. The Hall–Kier alpha value is -2.57. The Balaban J connectivity index is 0.00000152. The average molecular weight is 557 g/mol. The van der Waals surface area contributed by atoms with Gasteiger partial charge in [-0.05, 0) is 0 Å². The summed E-state index contributed by atoms with van der Waals surface area (Å²) in [6.07, 6.45) is 2.26. The molecule has 0 saturated carbocycles. The molecule has 4 aromatic carbocycles. The van der Waals surface area contributed by atoms with Gasteiger partial charge in [-0.1, -0.05) is 0 Å². The van der Waals surface area contributed by atoms with Crippen molar-refractivity contribution in [2.75, 3.05) is 0 Å². The van der Waals surface area contributed by atoms with E-state index < -0.39 is 19.2 Å². The minimum absolute atomic E-state index is 0. The monoisotopic (exact) mass is 556 g/mol. The average Bonchev–Trinajstić information content (AvgIpc) is 3.43. The molecule has 0 N–H and O–H groups in total. The van der Waals surface area contributed by atoms with Gasteiger partial charge in [0.1, 0.15) is 0 Å². The Morgan fingerprint density at radius 1 is 0.556 bits per heavy atom. The third-order valence-electron chi connectivity index (χ3n) is 6.32. The standard InChI is InChI=1S/C22H16P.C10H7.2ClH.Ti/c1-4-10-17(11-5-1)20-16-23-22(19-14-8-3-9-15-19)21(20)18-12-6-2-7-13-18;1-8-6-9-4-2-3-5-10(9)7-8;;;/h1-15,23H;2-6H,1H2;2*1H;/q;;;;+2/p-2. The number of fused-ring (bicyclic) bond motifs is 1. The SMILES string of the molecule is C=C1C=c2ccccc2=[C]1[Ti+2][c]1[pH]c(-c2ccccc2)c(-c2ccccc2)c1-c1ccccc1.[Cl-].[Cl-]. The van der Waals surface area contributed by atoms with Crippen molar-refractivity contribution in [2.24, 2.45) is 0 Å². The second-order valence-corrected chi connectivity index (χ2v) is 12.5. The Labute approximate surface area is 235 Å². The number of hydrogen-bond acceptors (Lipinski definition) is 0. The van der Waals surface area contributed by atoms with Crippen LogP contribution in [-0.4, -0.2) is 0 Å². The molecule has 0 aliphatic heterocycles. The van der Waals surface area contributed by atoms with Crippen LogP contribution in [0.4, 0.5) is 0 Å². The van der Waals surface area contributed by atoms with E-state index in [-0.39, 0.29) is 24.8 Å². The van der Waals surface area contributed by atoms with Gasteiger partial charge >= 0.3 is 212 Å². The predicted molar refractivity (Wildman–Crippen MR) is 145 cm³/mol. The molecular formula is C32H23Cl2PTi. The van der Waals surface area contributed by atoms with Crippen molar-refractivity contribution >= 4 is 21.7 Å². The van der Waals surface area contributed by atoms with Crippen LogP contribution in [0.25, 0.3) is 43.1 Å². The van der Waals surface area contributed by atoms with Crippen LogP contribution in [0.5, 0.6) is 0 Å². The van der Waals surface area contributed by atoms with Crippen molar-refractivity contribution in [3.8, 4) is 33.1 Å². The first-order valence-corrected chi connectivity index (χ1v) is 14.1. The molecule has 4 heteroatoms. The first-order chi connectivity index (χ1) is 16.8. The van der Waals surface area contributed by atoms with Crippen molar-refractivity contribution in [1.29, 1.82) is 0 Å².